The number of rotatable bonds is 5. The number of nitrogens with zero attached hydrogens (tertiary/aromatic N) is 3. The molecule has 2 aliphatic rings. The van der Waals surface area contributed by atoms with Crippen molar-refractivity contribution >= 4 is 0 Å². The Morgan fingerprint density at radius 2 is 1.65 bits per heavy atom. The largest absolute Gasteiger partial charge is 0.318 e. The number of piperidine rings is 1. The number of hydrogen-bond donors (Lipinski definition) is 1. The molecule has 3 rings (SSSR count). The summed E-state index contributed by atoms with van der Waals surface area (Å²) in [5, 5.41) is 7.67. The van der Waals surface area contributed by atoms with E-state index >= 15 is 0 Å². The van der Waals surface area contributed by atoms with E-state index in [9.17, 15) is 0 Å². The standard InChI is InChI=1S/C18H31N3.C4H11N/c1-3-15(2)16-13-19-21(14-16)18-9-11-20(12-10-18)17-7-5-4-6-8-17;1-4(2)5-3/h13-15,17-18H,3-12H2,1-2H3;4-5H,1-3H3. The molecule has 1 saturated heterocycles. The van der Waals surface area contributed by atoms with Crippen molar-refractivity contribution in [2.45, 2.75) is 103 Å². The van der Waals surface area contributed by atoms with Gasteiger partial charge in [0.15, 0.2) is 0 Å². The van der Waals surface area contributed by atoms with Gasteiger partial charge in [0.2, 0.25) is 0 Å². The van der Waals surface area contributed by atoms with Crippen LogP contribution in [-0.4, -0.2) is 46.9 Å². The summed E-state index contributed by atoms with van der Waals surface area (Å²) in [6.45, 7) is 11.3. The fourth-order valence-electron chi connectivity index (χ4n) is 4.00. The van der Waals surface area contributed by atoms with Crippen LogP contribution in [0.3, 0.4) is 0 Å². The van der Waals surface area contributed by atoms with Gasteiger partial charge in [0.25, 0.3) is 0 Å². The summed E-state index contributed by atoms with van der Waals surface area (Å²) in [7, 11) is 1.95. The Morgan fingerprint density at radius 3 is 2.19 bits per heavy atom. The summed E-state index contributed by atoms with van der Waals surface area (Å²) in [5.41, 5.74) is 1.41. The van der Waals surface area contributed by atoms with E-state index in [0.717, 1.165) is 6.04 Å². The van der Waals surface area contributed by atoms with E-state index in [4.69, 9.17) is 0 Å². The van der Waals surface area contributed by atoms with Gasteiger partial charge in [-0.05, 0) is 50.6 Å². The van der Waals surface area contributed by atoms with E-state index in [1.807, 2.05) is 7.05 Å². The van der Waals surface area contributed by atoms with Gasteiger partial charge in [-0.3, -0.25) is 4.68 Å². The molecule has 1 atom stereocenters. The predicted octanol–water partition coefficient (Wildman–Crippen LogP) is 4.98. The van der Waals surface area contributed by atoms with Crippen molar-refractivity contribution in [2.24, 2.45) is 0 Å². The molecule has 1 aliphatic carbocycles. The van der Waals surface area contributed by atoms with Crippen LogP contribution in [-0.2, 0) is 0 Å². The molecule has 26 heavy (non-hydrogen) atoms. The zero-order valence-corrected chi connectivity index (χ0v) is 17.9. The molecule has 0 radical (unpaired) electrons. The van der Waals surface area contributed by atoms with E-state index < -0.39 is 0 Å². The highest BCUT2D eigenvalue weighted by Gasteiger charge is 2.27. The lowest BCUT2D eigenvalue weighted by Crippen LogP contribution is -2.42. The van der Waals surface area contributed by atoms with E-state index in [0.29, 0.717) is 18.0 Å². The molecule has 2 fully saturated rings. The number of nitrogens with one attached hydrogen (secondary N) is 1. The average molecular weight is 363 g/mol. The van der Waals surface area contributed by atoms with Gasteiger partial charge in [0, 0.05) is 31.4 Å². The Hall–Kier alpha value is -0.870. The second kappa shape index (κ2) is 11.1. The zero-order valence-electron chi connectivity index (χ0n) is 17.9. The number of aromatic nitrogens is 2. The van der Waals surface area contributed by atoms with Gasteiger partial charge in [0.1, 0.15) is 0 Å². The van der Waals surface area contributed by atoms with Gasteiger partial charge >= 0.3 is 0 Å². The first kappa shape index (κ1) is 21.4. The van der Waals surface area contributed by atoms with Crippen LogP contribution in [0, 0.1) is 0 Å². The van der Waals surface area contributed by atoms with Gasteiger partial charge in [0.05, 0.1) is 12.2 Å². The normalized spacial score (nSPS) is 21.5. The molecule has 2 heterocycles. The number of hydrogen-bond acceptors (Lipinski definition) is 3. The lowest BCUT2D eigenvalue weighted by atomic mass is 9.92. The molecule has 4 nitrogen and oxygen atoms in total. The Balaban J connectivity index is 0.000000431. The fourth-order valence-corrected chi connectivity index (χ4v) is 4.00. The minimum atomic E-state index is 0.627. The van der Waals surface area contributed by atoms with Gasteiger partial charge < -0.3 is 10.2 Å². The fraction of sp³-hybridized carbons (Fsp3) is 0.864. The maximum Gasteiger partial charge on any atom is 0.0543 e. The Labute approximate surface area is 161 Å². The Kier molecular flexibility index (Phi) is 9.13. The van der Waals surface area contributed by atoms with Crippen molar-refractivity contribution in [3.63, 3.8) is 0 Å². The maximum absolute atomic E-state index is 4.64. The smallest absolute Gasteiger partial charge is 0.0543 e. The summed E-state index contributed by atoms with van der Waals surface area (Å²) in [6, 6.07) is 2.14. The SMILES string of the molecule is CCC(C)c1cnn(C2CCN(C3CCCCC3)CC2)c1.CNC(C)C. The Bertz CT molecular complexity index is 482. The average Bonchev–Trinajstić information content (AvgIpc) is 3.19. The minimum absolute atomic E-state index is 0.627. The molecular formula is C22H42N4. The summed E-state index contributed by atoms with van der Waals surface area (Å²) >= 11 is 0. The van der Waals surface area contributed by atoms with E-state index in [1.165, 1.54) is 70.0 Å². The monoisotopic (exact) mass is 362 g/mol. The van der Waals surface area contributed by atoms with Gasteiger partial charge in [-0.25, -0.2) is 0 Å². The van der Waals surface area contributed by atoms with E-state index in [2.05, 4.69) is 60.1 Å². The first-order chi connectivity index (χ1) is 12.5. The van der Waals surface area contributed by atoms with Gasteiger partial charge in [-0.1, -0.05) is 47.0 Å². The van der Waals surface area contributed by atoms with Crippen LogP contribution in [0.15, 0.2) is 12.4 Å². The van der Waals surface area contributed by atoms with Crippen molar-refractivity contribution in [1.82, 2.24) is 20.0 Å². The molecule has 0 amide bonds. The molecule has 1 unspecified atom stereocenters. The molecule has 1 aromatic rings. The molecule has 4 heteroatoms. The molecule has 150 valence electrons. The summed E-state index contributed by atoms with van der Waals surface area (Å²) in [4.78, 5) is 2.76. The van der Waals surface area contributed by atoms with Crippen LogP contribution in [0.1, 0.15) is 96.6 Å². The molecular weight excluding hydrogens is 320 g/mol. The third kappa shape index (κ3) is 6.38. The van der Waals surface area contributed by atoms with E-state index in [-0.39, 0.29) is 0 Å². The Morgan fingerprint density at radius 1 is 1.04 bits per heavy atom. The summed E-state index contributed by atoms with van der Waals surface area (Å²) in [5.74, 6) is 0.640. The number of likely N-dealkylation sites (tertiary alicyclic amines) is 1. The van der Waals surface area contributed by atoms with Crippen LogP contribution in [0.4, 0.5) is 0 Å². The van der Waals surface area contributed by atoms with Crippen LogP contribution in [0.2, 0.25) is 0 Å². The van der Waals surface area contributed by atoms with Crippen molar-refractivity contribution < 1.29 is 0 Å². The van der Waals surface area contributed by atoms with E-state index in [1.54, 1.807) is 0 Å². The second-order valence-corrected chi connectivity index (χ2v) is 8.57. The second-order valence-electron chi connectivity index (χ2n) is 8.57. The van der Waals surface area contributed by atoms with Crippen molar-refractivity contribution in [1.29, 1.82) is 0 Å². The van der Waals surface area contributed by atoms with Crippen LogP contribution in [0.5, 0.6) is 0 Å². The highest BCUT2D eigenvalue weighted by molar-refractivity contribution is 5.10. The lowest BCUT2D eigenvalue weighted by molar-refractivity contribution is 0.106. The van der Waals surface area contributed by atoms with Gasteiger partial charge in [-0.2, -0.15) is 5.10 Å². The van der Waals surface area contributed by atoms with Crippen molar-refractivity contribution in [3.8, 4) is 0 Å². The zero-order chi connectivity index (χ0) is 18.9. The quantitative estimate of drug-likeness (QED) is 0.802. The molecule has 1 N–H and O–H groups in total. The third-order valence-electron chi connectivity index (χ3n) is 6.34. The van der Waals surface area contributed by atoms with Crippen LogP contribution in [0.25, 0.3) is 0 Å². The highest BCUT2D eigenvalue weighted by Crippen LogP contribution is 2.29. The summed E-state index contributed by atoms with van der Waals surface area (Å²) < 4.78 is 2.25. The summed E-state index contributed by atoms with van der Waals surface area (Å²) in [6.07, 6.45) is 15.4. The molecule has 1 aromatic heterocycles. The third-order valence-corrected chi connectivity index (χ3v) is 6.34. The first-order valence-electron chi connectivity index (χ1n) is 11.0. The van der Waals surface area contributed by atoms with Gasteiger partial charge in [-0.15, -0.1) is 0 Å². The molecule has 1 saturated carbocycles. The molecule has 1 aliphatic heterocycles. The lowest BCUT2D eigenvalue weighted by Gasteiger charge is -2.39. The van der Waals surface area contributed by atoms with Crippen LogP contribution >= 0.6 is 0 Å². The molecule has 0 aromatic carbocycles. The van der Waals surface area contributed by atoms with Crippen molar-refractivity contribution in [2.75, 3.05) is 20.1 Å². The topological polar surface area (TPSA) is 33.1 Å². The molecule has 0 bridgehead atoms. The maximum atomic E-state index is 4.64. The van der Waals surface area contributed by atoms with Crippen LogP contribution < -0.4 is 5.32 Å². The first-order valence-corrected chi connectivity index (χ1v) is 11.0. The molecule has 0 spiro atoms. The predicted molar refractivity (Wildman–Crippen MR) is 112 cm³/mol. The van der Waals surface area contributed by atoms with Crippen molar-refractivity contribution in [3.05, 3.63) is 18.0 Å². The minimum Gasteiger partial charge on any atom is -0.318 e. The highest BCUT2D eigenvalue weighted by atomic mass is 15.3.